The summed E-state index contributed by atoms with van der Waals surface area (Å²) in [6.45, 7) is 0. The van der Waals surface area contributed by atoms with Crippen LogP contribution < -0.4 is 5.32 Å². The third-order valence-corrected chi connectivity index (χ3v) is 3.22. The van der Waals surface area contributed by atoms with Crippen LogP contribution in [0.25, 0.3) is 0 Å². The normalized spacial score (nSPS) is 31.0. The van der Waals surface area contributed by atoms with Crippen molar-refractivity contribution < 1.29 is 0 Å². The van der Waals surface area contributed by atoms with Gasteiger partial charge in [-0.05, 0) is 24.5 Å². The standard InChI is InChI=1S/C11H13N/c1-2-6-10-8(4-1)9-5-3-7-11(9)12-10/h1-2,4,6,9,11-12H,3,5,7H2/t9-,11-/m0/s1. The van der Waals surface area contributed by atoms with E-state index in [-0.39, 0.29) is 0 Å². The number of para-hydroxylation sites is 1. The Morgan fingerprint density at radius 1 is 1.17 bits per heavy atom. The van der Waals surface area contributed by atoms with Gasteiger partial charge in [0.25, 0.3) is 0 Å². The van der Waals surface area contributed by atoms with Gasteiger partial charge in [-0.3, -0.25) is 0 Å². The summed E-state index contributed by atoms with van der Waals surface area (Å²) in [5.41, 5.74) is 2.94. The molecule has 0 amide bonds. The maximum Gasteiger partial charge on any atom is 0.0378 e. The molecule has 1 heterocycles. The van der Waals surface area contributed by atoms with Gasteiger partial charge in [-0.15, -0.1) is 0 Å². The lowest BCUT2D eigenvalue weighted by Crippen LogP contribution is -2.13. The van der Waals surface area contributed by atoms with Crippen molar-refractivity contribution >= 4 is 5.69 Å². The average Bonchev–Trinajstić information content (AvgIpc) is 2.62. The molecular weight excluding hydrogens is 146 g/mol. The summed E-state index contributed by atoms with van der Waals surface area (Å²) < 4.78 is 0. The first-order valence-corrected chi connectivity index (χ1v) is 4.80. The molecular formula is C11H13N. The van der Waals surface area contributed by atoms with Gasteiger partial charge in [-0.2, -0.15) is 0 Å². The van der Waals surface area contributed by atoms with Crippen molar-refractivity contribution in [1.29, 1.82) is 0 Å². The Labute approximate surface area is 72.8 Å². The van der Waals surface area contributed by atoms with Gasteiger partial charge in [0.1, 0.15) is 0 Å². The van der Waals surface area contributed by atoms with E-state index in [0.29, 0.717) is 0 Å². The Balaban J connectivity index is 2.09. The fourth-order valence-electron chi connectivity index (χ4n) is 2.66. The predicted octanol–water partition coefficient (Wildman–Crippen LogP) is 2.75. The Morgan fingerprint density at radius 2 is 2.08 bits per heavy atom. The Morgan fingerprint density at radius 3 is 3.08 bits per heavy atom. The summed E-state index contributed by atoms with van der Waals surface area (Å²) in [5, 5.41) is 3.60. The maximum absolute atomic E-state index is 3.60. The molecule has 1 aliphatic carbocycles. The average molecular weight is 159 g/mol. The molecule has 62 valence electrons. The first-order chi connectivity index (χ1) is 5.95. The van der Waals surface area contributed by atoms with Crippen molar-refractivity contribution in [1.82, 2.24) is 0 Å². The first kappa shape index (κ1) is 6.53. The van der Waals surface area contributed by atoms with E-state index in [0.717, 1.165) is 12.0 Å². The second-order valence-electron chi connectivity index (χ2n) is 3.88. The van der Waals surface area contributed by atoms with E-state index in [1.54, 1.807) is 5.56 Å². The number of anilines is 1. The summed E-state index contributed by atoms with van der Waals surface area (Å²) in [6.07, 6.45) is 4.14. The summed E-state index contributed by atoms with van der Waals surface area (Å²) >= 11 is 0. The van der Waals surface area contributed by atoms with Gasteiger partial charge in [0.2, 0.25) is 0 Å². The summed E-state index contributed by atoms with van der Waals surface area (Å²) in [4.78, 5) is 0. The molecule has 1 heteroatoms. The zero-order chi connectivity index (χ0) is 7.97. The van der Waals surface area contributed by atoms with Crippen LogP contribution in [0.5, 0.6) is 0 Å². The van der Waals surface area contributed by atoms with Crippen molar-refractivity contribution in [2.45, 2.75) is 31.2 Å². The third kappa shape index (κ3) is 0.739. The number of hydrogen-bond acceptors (Lipinski definition) is 1. The fraction of sp³-hybridized carbons (Fsp3) is 0.455. The zero-order valence-electron chi connectivity index (χ0n) is 7.09. The quantitative estimate of drug-likeness (QED) is 0.613. The third-order valence-electron chi connectivity index (χ3n) is 3.22. The van der Waals surface area contributed by atoms with E-state index in [2.05, 4.69) is 29.6 Å². The zero-order valence-corrected chi connectivity index (χ0v) is 7.09. The lowest BCUT2D eigenvalue weighted by atomic mass is 9.98. The molecule has 3 rings (SSSR count). The van der Waals surface area contributed by atoms with Crippen molar-refractivity contribution in [3.63, 3.8) is 0 Å². The van der Waals surface area contributed by atoms with Crippen LogP contribution in [0.15, 0.2) is 24.3 Å². The molecule has 12 heavy (non-hydrogen) atoms. The molecule has 1 N–H and O–H groups in total. The summed E-state index contributed by atoms with van der Waals surface area (Å²) in [7, 11) is 0. The fourth-order valence-corrected chi connectivity index (χ4v) is 2.66. The van der Waals surface area contributed by atoms with Crippen molar-refractivity contribution in [2.24, 2.45) is 0 Å². The van der Waals surface area contributed by atoms with Crippen LogP contribution in [0.3, 0.4) is 0 Å². The van der Waals surface area contributed by atoms with E-state index in [1.807, 2.05) is 0 Å². The SMILES string of the molecule is c1ccc2c(c1)N[C@H]1CCC[C@@H]21. The van der Waals surface area contributed by atoms with Crippen LogP contribution in [0.2, 0.25) is 0 Å². The van der Waals surface area contributed by atoms with Crippen LogP contribution in [-0.2, 0) is 0 Å². The number of rotatable bonds is 0. The Bertz CT molecular complexity index is 306. The van der Waals surface area contributed by atoms with Gasteiger partial charge in [-0.25, -0.2) is 0 Å². The molecule has 1 aromatic carbocycles. The second-order valence-corrected chi connectivity index (χ2v) is 3.88. The van der Waals surface area contributed by atoms with Crippen LogP contribution in [-0.4, -0.2) is 6.04 Å². The number of nitrogens with one attached hydrogen (secondary N) is 1. The number of hydrogen-bond donors (Lipinski definition) is 1. The van der Waals surface area contributed by atoms with Crippen LogP contribution in [0, 0.1) is 0 Å². The summed E-state index contributed by atoms with van der Waals surface area (Å²) in [6, 6.07) is 9.50. The minimum absolute atomic E-state index is 0.752. The molecule has 1 aliphatic heterocycles. The van der Waals surface area contributed by atoms with Gasteiger partial charge < -0.3 is 5.32 Å². The van der Waals surface area contributed by atoms with E-state index in [4.69, 9.17) is 0 Å². The van der Waals surface area contributed by atoms with Crippen molar-refractivity contribution in [3.8, 4) is 0 Å². The second kappa shape index (κ2) is 2.25. The van der Waals surface area contributed by atoms with Gasteiger partial charge in [-0.1, -0.05) is 24.6 Å². The van der Waals surface area contributed by atoms with E-state index >= 15 is 0 Å². The smallest absolute Gasteiger partial charge is 0.0378 e. The Kier molecular flexibility index (Phi) is 1.23. The monoisotopic (exact) mass is 159 g/mol. The van der Waals surface area contributed by atoms with Gasteiger partial charge in [0.15, 0.2) is 0 Å². The van der Waals surface area contributed by atoms with Crippen LogP contribution >= 0.6 is 0 Å². The molecule has 0 saturated heterocycles. The molecule has 0 aromatic heterocycles. The number of benzene rings is 1. The van der Waals surface area contributed by atoms with Crippen LogP contribution in [0.4, 0.5) is 5.69 Å². The van der Waals surface area contributed by atoms with Gasteiger partial charge >= 0.3 is 0 Å². The first-order valence-electron chi connectivity index (χ1n) is 4.80. The highest BCUT2D eigenvalue weighted by Crippen LogP contribution is 2.44. The van der Waals surface area contributed by atoms with Gasteiger partial charge in [0, 0.05) is 17.6 Å². The molecule has 0 radical (unpaired) electrons. The molecule has 1 saturated carbocycles. The number of fused-ring (bicyclic) bond motifs is 3. The molecule has 0 unspecified atom stereocenters. The minimum atomic E-state index is 0.752. The largest absolute Gasteiger partial charge is 0.381 e. The molecule has 0 spiro atoms. The molecule has 1 fully saturated rings. The van der Waals surface area contributed by atoms with Crippen LogP contribution in [0.1, 0.15) is 30.7 Å². The molecule has 1 nitrogen and oxygen atoms in total. The van der Waals surface area contributed by atoms with E-state index < -0.39 is 0 Å². The summed E-state index contributed by atoms with van der Waals surface area (Å²) in [5.74, 6) is 0.821. The van der Waals surface area contributed by atoms with E-state index in [9.17, 15) is 0 Å². The van der Waals surface area contributed by atoms with E-state index in [1.165, 1.54) is 24.9 Å². The highest BCUT2D eigenvalue weighted by atomic mass is 15.0. The minimum Gasteiger partial charge on any atom is -0.381 e. The van der Waals surface area contributed by atoms with Crippen molar-refractivity contribution in [3.05, 3.63) is 29.8 Å². The lowest BCUT2D eigenvalue weighted by molar-refractivity contribution is 0.689. The molecule has 2 aliphatic rings. The van der Waals surface area contributed by atoms with Gasteiger partial charge in [0.05, 0.1) is 0 Å². The Hall–Kier alpha value is -0.980. The maximum atomic E-state index is 3.60. The lowest BCUT2D eigenvalue weighted by Gasteiger charge is -2.07. The highest BCUT2D eigenvalue weighted by molar-refractivity contribution is 5.59. The highest BCUT2D eigenvalue weighted by Gasteiger charge is 2.34. The van der Waals surface area contributed by atoms with Crippen molar-refractivity contribution in [2.75, 3.05) is 5.32 Å². The molecule has 2 atom stereocenters. The molecule has 0 bridgehead atoms. The predicted molar refractivity (Wildman–Crippen MR) is 50.4 cm³/mol. The molecule has 1 aromatic rings. The topological polar surface area (TPSA) is 12.0 Å².